The minimum Gasteiger partial charge on any atom is -0.452 e. The molecule has 0 bridgehead atoms. The highest BCUT2D eigenvalue weighted by Gasteiger charge is 2.12. The zero-order valence-corrected chi connectivity index (χ0v) is 15.2. The first kappa shape index (κ1) is 20.4. The molecule has 5 nitrogen and oxygen atoms in total. The van der Waals surface area contributed by atoms with Crippen molar-refractivity contribution in [2.75, 3.05) is 18.2 Å². The molecule has 0 saturated carbocycles. The van der Waals surface area contributed by atoms with E-state index in [0.29, 0.717) is 0 Å². The van der Waals surface area contributed by atoms with E-state index in [4.69, 9.17) is 4.74 Å². The van der Waals surface area contributed by atoms with Gasteiger partial charge < -0.3 is 14.8 Å². The van der Waals surface area contributed by atoms with E-state index < -0.39 is 25.1 Å². The molecule has 0 aliphatic rings. The fourth-order valence-corrected chi connectivity index (χ4v) is 2.43. The van der Waals surface area contributed by atoms with E-state index in [0.717, 1.165) is 10.5 Å². The fraction of sp³-hybridized carbons (Fsp3) is 0.158. The van der Waals surface area contributed by atoms with Gasteiger partial charge in [-0.05, 0) is 42.2 Å². The second-order valence-electron chi connectivity index (χ2n) is 5.14. The number of hydrogen-bond donors (Lipinski definition) is 1. The molecule has 2 aromatic rings. The highest BCUT2D eigenvalue weighted by atomic mass is 32.2. The Morgan fingerprint density at radius 2 is 1.85 bits per heavy atom. The van der Waals surface area contributed by atoms with E-state index in [1.165, 1.54) is 24.3 Å². The molecule has 0 unspecified atom stereocenters. The number of alkyl halides is 2. The van der Waals surface area contributed by atoms with E-state index in [1.807, 2.05) is 30.5 Å². The van der Waals surface area contributed by atoms with Crippen LogP contribution in [-0.2, 0) is 14.3 Å². The van der Waals surface area contributed by atoms with Gasteiger partial charge in [0, 0.05) is 11.0 Å². The van der Waals surface area contributed by atoms with Gasteiger partial charge in [0.2, 0.25) is 0 Å². The molecule has 0 atom stereocenters. The Labute approximate surface area is 159 Å². The molecule has 8 heteroatoms. The van der Waals surface area contributed by atoms with Crippen LogP contribution in [0, 0.1) is 0 Å². The van der Waals surface area contributed by atoms with Crippen molar-refractivity contribution in [3.8, 4) is 5.75 Å². The summed E-state index contributed by atoms with van der Waals surface area (Å²) in [7, 11) is 0. The van der Waals surface area contributed by atoms with Crippen LogP contribution in [0.15, 0.2) is 59.5 Å². The molecule has 0 saturated heterocycles. The lowest BCUT2D eigenvalue weighted by Crippen LogP contribution is -2.20. The Morgan fingerprint density at radius 3 is 2.52 bits per heavy atom. The molecule has 1 N–H and O–H groups in total. The average molecular weight is 393 g/mol. The molecule has 1 amide bonds. The monoisotopic (exact) mass is 393 g/mol. The van der Waals surface area contributed by atoms with Crippen LogP contribution in [0.5, 0.6) is 5.75 Å². The van der Waals surface area contributed by atoms with Crippen LogP contribution in [0.25, 0.3) is 6.08 Å². The molecular weight excluding hydrogens is 376 g/mol. The van der Waals surface area contributed by atoms with Gasteiger partial charge in [0.05, 0.1) is 5.69 Å². The predicted octanol–water partition coefficient (Wildman–Crippen LogP) is 4.21. The third kappa shape index (κ3) is 7.10. The van der Waals surface area contributed by atoms with Crippen molar-refractivity contribution in [2.24, 2.45) is 0 Å². The zero-order valence-electron chi connectivity index (χ0n) is 14.4. The van der Waals surface area contributed by atoms with Gasteiger partial charge in [-0.15, -0.1) is 11.8 Å². The largest absolute Gasteiger partial charge is 0.452 e. The smallest absolute Gasteiger partial charge is 0.387 e. The first-order valence-electron chi connectivity index (χ1n) is 7.80. The number of amides is 1. The Kier molecular flexibility index (Phi) is 7.81. The van der Waals surface area contributed by atoms with Crippen molar-refractivity contribution < 1.29 is 27.8 Å². The van der Waals surface area contributed by atoms with Crippen LogP contribution in [0.3, 0.4) is 0 Å². The number of esters is 1. The van der Waals surface area contributed by atoms with Crippen molar-refractivity contribution >= 4 is 35.4 Å². The first-order chi connectivity index (χ1) is 13.0. The van der Waals surface area contributed by atoms with E-state index in [2.05, 4.69) is 10.1 Å². The maximum Gasteiger partial charge on any atom is 0.387 e. The minimum absolute atomic E-state index is 0.0586. The zero-order chi connectivity index (χ0) is 19.6. The van der Waals surface area contributed by atoms with Gasteiger partial charge in [-0.1, -0.05) is 24.3 Å². The summed E-state index contributed by atoms with van der Waals surface area (Å²) < 4.78 is 33.8. The van der Waals surface area contributed by atoms with Crippen LogP contribution in [0.2, 0.25) is 0 Å². The van der Waals surface area contributed by atoms with Gasteiger partial charge in [-0.25, -0.2) is 4.79 Å². The van der Waals surface area contributed by atoms with E-state index in [9.17, 15) is 18.4 Å². The maximum absolute atomic E-state index is 12.3. The lowest BCUT2D eigenvalue weighted by molar-refractivity contribution is -0.142. The molecule has 2 aromatic carbocycles. The topological polar surface area (TPSA) is 64.6 Å². The summed E-state index contributed by atoms with van der Waals surface area (Å²) in [6, 6.07) is 13.3. The standard InChI is InChI=1S/C19H17F2NO4S/c1-27-14-9-6-13(7-10-14)8-11-18(24)25-12-17(23)22-15-4-2-3-5-16(15)26-19(20)21/h2-11,19H,12H2,1H3,(H,22,23)/b11-8+. The number of hydrogen-bond acceptors (Lipinski definition) is 5. The highest BCUT2D eigenvalue weighted by molar-refractivity contribution is 7.98. The summed E-state index contributed by atoms with van der Waals surface area (Å²) in [5.74, 6) is -1.55. The van der Waals surface area contributed by atoms with Crippen LogP contribution >= 0.6 is 11.8 Å². The number of carbonyl (C=O) groups is 2. The van der Waals surface area contributed by atoms with Crippen LogP contribution in [0.1, 0.15) is 5.56 Å². The van der Waals surface area contributed by atoms with E-state index in [1.54, 1.807) is 23.9 Å². The summed E-state index contributed by atoms with van der Waals surface area (Å²) in [5.41, 5.74) is 0.871. The molecule has 27 heavy (non-hydrogen) atoms. The van der Waals surface area contributed by atoms with Gasteiger partial charge in [-0.3, -0.25) is 4.79 Å². The Bertz CT molecular complexity index is 810. The summed E-state index contributed by atoms with van der Waals surface area (Å²) in [4.78, 5) is 24.6. The Balaban J connectivity index is 1.84. The molecule has 0 heterocycles. The number of nitrogens with one attached hydrogen (secondary N) is 1. The Morgan fingerprint density at radius 1 is 1.15 bits per heavy atom. The molecular formula is C19H17F2NO4S. The molecule has 0 spiro atoms. The predicted molar refractivity (Wildman–Crippen MR) is 99.9 cm³/mol. The van der Waals surface area contributed by atoms with Crippen molar-refractivity contribution in [2.45, 2.75) is 11.5 Å². The second kappa shape index (κ2) is 10.3. The van der Waals surface area contributed by atoms with Crippen LogP contribution in [0.4, 0.5) is 14.5 Å². The van der Waals surface area contributed by atoms with Crippen molar-refractivity contribution in [1.29, 1.82) is 0 Å². The summed E-state index contributed by atoms with van der Waals surface area (Å²) >= 11 is 1.61. The number of carbonyl (C=O) groups excluding carboxylic acids is 2. The van der Waals surface area contributed by atoms with Crippen LogP contribution in [-0.4, -0.2) is 31.4 Å². The Hall–Kier alpha value is -2.87. The SMILES string of the molecule is CSc1ccc(/C=C/C(=O)OCC(=O)Nc2ccccc2OC(F)F)cc1. The van der Waals surface area contributed by atoms with E-state index >= 15 is 0 Å². The van der Waals surface area contributed by atoms with Crippen molar-refractivity contribution in [1.82, 2.24) is 0 Å². The number of halogens is 2. The number of rotatable bonds is 8. The van der Waals surface area contributed by atoms with Gasteiger partial charge in [-0.2, -0.15) is 8.78 Å². The van der Waals surface area contributed by atoms with Crippen molar-refractivity contribution in [3.05, 3.63) is 60.2 Å². The lowest BCUT2D eigenvalue weighted by Gasteiger charge is -2.11. The van der Waals surface area contributed by atoms with Gasteiger partial charge in [0.1, 0.15) is 5.75 Å². The van der Waals surface area contributed by atoms with Gasteiger partial charge in [0.15, 0.2) is 6.61 Å². The maximum atomic E-state index is 12.3. The molecule has 2 rings (SSSR count). The van der Waals surface area contributed by atoms with Crippen LogP contribution < -0.4 is 10.1 Å². The summed E-state index contributed by atoms with van der Waals surface area (Å²) in [6.07, 6.45) is 4.73. The fourth-order valence-electron chi connectivity index (χ4n) is 2.02. The first-order valence-corrected chi connectivity index (χ1v) is 9.03. The molecule has 0 aliphatic carbocycles. The second-order valence-corrected chi connectivity index (χ2v) is 6.02. The molecule has 0 fully saturated rings. The third-order valence-corrected chi connectivity index (χ3v) is 3.99. The molecule has 0 aromatic heterocycles. The van der Waals surface area contributed by atoms with Gasteiger partial charge in [0.25, 0.3) is 5.91 Å². The number of ether oxygens (including phenoxy) is 2. The summed E-state index contributed by atoms with van der Waals surface area (Å²) in [5, 5.41) is 2.36. The van der Waals surface area contributed by atoms with E-state index in [-0.39, 0.29) is 11.4 Å². The highest BCUT2D eigenvalue weighted by Crippen LogP contribution is 2.25. The van der Waals surface area contributed by atoms with Gasteiger partial charge >= 0.3 is 12.6 Å². The molecule has 0 aliphatic heterocycles. The average Bonchev–Trinajstić information content (AvgIpc) is 2.66. The minimum atomic E-state index is -3.02. The molecule has 0 radical (unpaired) electrons. The number of benzene rings is 2. The third-order valence-electron chi connectivity index (χ3n) is 3.25. The number of para-hydroxylation sites is 2. The number of anilines is 1. The quantitative estimate of drug-likeness (QED) is 0.414. The van der Waals surface area contributed by atoms with Crippen molar-refractivity contribution in [3.63, 3.8) is 0 Å². The molecule has 142 valence electrons. The summed E-state index contributed by atoms with van der Waals surface area (Å²) in [6.45, 7) is -3.58. The lowest BCUT2D eigenvalue weighted by atomic mass is 10.2. The number of thioether (sulfide) groups is 1. The normalized spacial score (nSPS) is 10.8.